The third kappa shape index (κ3) is 4.86. The topological polar surface area (TPSA) is 38.7 Å². The molecule has 7 rings (SSSR count). The summed E-state index contributed by atoms with van der Waals surface area (Å²) in [6.45, 7) is 4.11. The summed E-state index contributed by atoms with van der Waals surface area (Å²) < 4.78 is 0. The van der Waals surface area contributed by atoms with E-state index in [9.17, 15) is 0 Å². The number of hydrogen-bond donors (Lipinski definition) is 0. The molecule has 0 atom stereocenters. The Kier molecular flexibility index (Phi) is 7.05. The zero-order chi connectivity index (χ0) is 24.5. The average Bonchev–Trinajstić information content (AvgIpc) is 3.25. The predicted molar refractivity (Wildman–Crippen MR) is 147 cm³/mol. The number of nitrogens with zero attached hydrogens (tertiary/aromatic N) is 3. The molecule has 0 aliphatic heterocycles. The summed E-state index contributed by atoms with van der Waals surface area (Å²) in [4.78, 5) is 13.4. The first-order valence-corrected chi connectivity index (χ1v) is 12.0. The molecule has 0 fully saturated rings. The number of benzene rings is 3. The minimum Gasteiger partial charge on any atom is -0.296 e. The second kappa shape index (κ2) is 10.6. The number of aryl methyl sites for hydroxylation is 2. The molecule has 1 radical (unpaired) electrons. The van der Waals surface area contributed by atoms with Gasteiger partial charge in [-0.05, 0) is 83.3 Å². The summed E-state index contributed by atoms with van der Waals surface area (Å²) in [7, 11) is 0. The SMILES string of the molecule is Cc1ccnc(-c2cc(C)ccn2)c1.[Ir].[c-]1ccccc1-c1cc2c3c(cccc3n1)-c1ccccc1-2. The van der Waals surface area contributed by atoms with E-state index in [2.05, 4.69) is 84.5 Å². The van der Waals surface area contributed by atoms with Crippen LogP contribution >= 0.6 is 0 Å². The van der Waals surface area contributed by atoms with E-state index in [0.717, 1.165) is 28.2 Å². The van der Waals surface area contributed by atoms with E-state index >= 15 is 0 Å². The number of hydrogen-bond acceptors (Lipinski definition) is 3. The van der Waals surface area contributed by atoms with Gasteiger partial charge in [0.25, 0.3) is 0 Å². The van der Waals surface area contributed by atoms with Crippen molar-refractivity contribution in [1.29, 1.82) is 0 Å². The van der Waals surface area contributed by atoms with Crippen LogP contribution in [0, 0.1) is 19.9 Å². The summed E-state index contributed by atoms with van der Waals surface area (Å²) in [5, 5.41) is 1.27. The van der Waals surface area contributed by atoms with Gasteiger partial charge in [0, 0.05) is 37.9 Å². The first-order valence-electron chi connectivity index (χ1n) is 12.0. The van der Waals surface area contributed by atoms with Crippen LogP contribution in [-0.2, 0) is 20.1 Å². The first-order chi connectivity index (χ1) is 17.7. The van der Waals surface area contributed by atoms with Gasteiger partial charge in [0.2, 0.25) is 0 Å². The summed E-state index contributed by atoms with van der Waals surface area (Å²) in [6.07, 6.45) is 3.63. The third-order valence-electron chi connectivity index (χ3n) is 6.42. The zero-order valence-corrected chi connectivity index (χ0v) is 23.0. The normalized spacial score (nSPS) is 10.8. The molecule has 0 unspecified atom stereocenters. The Morgan fingerprint density at radius 1 is 0.568 bits per heavy atom. The Morgan fingerprint density at radius 2 is 1.19 bits per heavy atom. The van der Waals surface area contributed by atoms with Crippen molar-refractivity contribution in [2.45, 2.75) is 13.8 Å². The predicted octanol–water partition coefficient (Wildman–Crippen LogP) is 8.11. The standard InChI is InChI=1S/C21H12N.C12H12N2.Ir/c1-2-7-14(8-3-1)20-13-18-16-10-5-4-9-15(16)17-11-6-12-19(22-20)21(17)18;1-9-3-5-13-11(7-9)12-8-10(2)4-6-14-12;/h1-7,9-13H;3-8H,1-2H3;/q-1;;. The minimum atomic E-state index is 0. The van der Waals surface area contributed by atoms with Gasteiger partial charge in [0.15, 0.2) is 0 Å². The molecule has 4 heteroatoms. The molecule has 0 N–H and O–H groups in total. The third-order valence-corrected chi connectivity index (χ3v) is 6.42. The number of fused-ring (bicyclic) bond motifs is 3. The van der Waals surface area contributed by atoms with Gasteiger partial charge in [-0.1, -0.05) is 42.5 Å². The van der Waals surface area contributed by atoms with Crippen LogP contribution in [-0.4, -0.2) is 15.0 Å². The van der Waals surface area contributed by atoms with Gasteiger partial charge < -0.3 is 0 Å². The summed E-state index contributed by atoms with van der Waals surface area (Å²) in [5.74, 6) is 0. The van der Waals surface area contributed by atoms with E-state index in [-0.39, 0.29) is 20.1 Å². The van der Waals surface area contributed by atoms with Crippen LogP contribution in [0.25, 0.3) is 55.8 Å². The van der Waals surface area contributed by atoms with Crippen LogP contribution < -0.4 is 0 Å². The fraction of sp³-hybridized carbons (Fsp3) is 0.0606. The van der Waals surface area contributed by atoms with E-state index in [1.807, 2.05) is 54.9 Å². The number of rotatable bonds is 2. The second-order valence-electron chi connectivity index (χ2n) is 9.01. The maximum Gasteiger partial charge on any atom is 0.0888 e. The number of pyridine rings is 3. The Hall–Kier alpha value is -3.98. The maximum atomic E-state index is 4.86. The Balaban J connectivity index is 0.000000163. The largest absolute Gasteiger partial charge is 0.296 e. The van der Waals surface area contributed by atoms with E-state index < -0.39 is 0 Å². The van der Waals surface area contributed by atoms with E-state index in [0.29, 0.717) is 0 Å². The Morgan fingerprint density at radius 3 is 1.81 bits per heavy atom. The van der Waals surface area contributed by atoms with E-state index in [4.69, 9.17) is 4.98 Å². The maximum absolute atomic E-state index is 4.86. The van der Waals surface area contributed by atoms with Gasteiger partial charge in [-0.15, -0.1) is 35.9 Å². The second-order valence-corrected chi connectivity index (χ2v) is 9.01. The van der Waals surface area contributed by atoms with Crippen LogP contribution in [0.15, 0.2) is 109 Å². The monoisotopic (exact) mass is 655 g/mol. The van der Waals surface area contributed by atoms with Gasteiger partial charge in [0.05, 0.1) is 16.9 Å². The quantitative estimate of drug-likeness (QED) is 0.177. The van der Waals surface area contributed by atoms with Crippen molar-refractivity contribution >= 4 is 10.9 Å². The zero-order valence-electron chi connectivity index (χ0n) is 20.6. The van der Waals surface area contributed by atoms with Gasteiger partial charge in [-0.3, -0.25) is 15.0 Å². The molecule has 3 nitrogen and oxygen atoms in total. The molecule has 0 bridgehead atoms. The van der Waals surface area contributed by atoms with Crippen LogP contribution in [0.4, 0.5) is 0 Å². The molecule has 0 spiro atoms. The molecule has 37 heavy (non-hydrogen) atoms. The van der Waals surface area contributed by atoms with Crippen LogP contribution in [0.1, 0.15) is 11.1 Å². The van der Waals surface area contributed by atoms with Crippen molar-refractivity contribution in [1.82, 2.24) is 15.0 Å². The van der Waals surface area contributed by atoms with Crippen LogP contribution in [0.3, 0.4) is 0 Å². The molecule has 0 saturated carbocycles. The minimum absolute atomic E-state index is 0. The molecular weight excluding hydrogens is 631 g/mol. The summed E-state index contributed by atoms with van der Waals surface area (Å²) in [6, 6.07) is 36.5. The van der Waals surface area contributed by atoms with Crippen LogP contribution in [0.5, 0.6) is 0 Å². The molecule has 6 aromatic rings. The molecule has 1 aliphatic rings. The van der Waals surface area contributed by atoms with Crippen molar-refractivity contribution in [3.05, 3.63) is 127 Å². The van der Waals surface area contributed by atoms with Crippen molar-refractivity contribution in [2.24, 2.45) is 0 Å². The summed E-state index contributed by atoms with van der Waals surface area (Å²) in [5.41, 5.74) is 12.5. The molecular formula is C33H24IrN3-. The van der Waals surface area contributed by atoms with Crippen molar-refractivity contribution in [2.75, 3.05) is 0 Å². The molecule has 0 saturated heterocycles. The fourth-order valence-electron chi connectivity index (χ4n) is 4.72. The van der Waals surface area contributed by atoms with Gasteiger partial charge in [-0.25, -0.2) is 0 Å². The Bertz CT molecular complexity index is 1670. The van der Waals surface area contributed by atoms with Gasteiger partial charge in [0.1, 0.15) is 0 Å². The molecule has 1 aliphatic carbocycles. The first kappa shape index (κ1) is 24.7. The molecule has 0 amide bonds. The molecule has 181 valence electrons. The molecule has 3 heterocycles. The van der Waals surface area contributed by atoms with Crippen molar-refractivity contribution in [3.63, 3.8) is 0 Å². The Labute approximate surface area is 230 Å². The van der Waals surface area contributed by atoms with Gasteiger partial charge in [-0.2, -0.15) is 0 Å². The van der Waals surface area contributed by atoms with Gasteiger partial charge >= 0.3 is 0 Å². The molecule has 3 aromatic heterocycles. The molecule has 3 aromatic carbocycles. The fourth-order valence-corrected chi connectivity index (χ4v) is 4.72. The van der Waals surface area contributed by atoms with E-state index in [1.54, 1.807) is 0 Å². The van der Waals surface area contributed by atoms with Crippen LogP contribution in [0.2, 0.25) is 0 Å². The van der Waals surface area contributed by atoms with Crippen molar-refractivity contribution in [3.8, 4) is 44.9 Å². The number of aromatic nitrogens is 3. The smallest absolute Gasteiger partial charge is 0.0888 e. The van der Waals surface area contributed by atoms with Crippen molar-refractivity contribution < 1.29 is 20.1 Å². The van der Waals surface area contributed by atoms with E-state index in [1.165, 1.54) is 38.8 Å². The summed E-state index contributed by atoms with van der Waals surface area (Å²) >= 11 is 0. The average molecular weight is 655 g/mol.